The van der Waals surface area contributed by atoms with Gasteiger partial charge in [-0.15, -0.1) is 11.8 Å². The van der Waals surface area contributed by atoms with E-state index in [0.29, 0.717) is 11.1 Å². The van der Waals surface area contributed by atoms with Crippen LogP contribution >= 0.6 is 11.8 Å². The predicted octanol–water partition coefficient (Wildman–Crippen LogP) is 4.64. The van der Waals surface area contributed by atoms with Gasteiger partial charge in [-0.25, -0.2) is 8.78 Å². The zero-order valence-electron chi connectivity index (χ0n) is 17.6. The number of methoxy groups -OCH3 is 1. The van der Waals surface area contributed by atoms with Crippen molar-refractivity contribution >= 4 is 23.5 Å². The van der Waals surface area contributed by atoms with Crippen molar-refractivity contribution in [2.45, 2.75) is 17.5 Å². The fourth-order valence-electron chi connectivity index (χ4n) is 3.24. The molecule has 0 saturated heterocycles. The Labute approximate surface area is 189 Å². The van der Waals surface area contributed by atoms with Crippen LogP contribution in [0.4, 0.5) is 8.78 Å². The molecule has 32 heavy (non-hydrogen) atoms. The summed E-state index contributed by atoms with van der Waals surface area (Å²) in [5.74, 6) is -2.43. The van der Waals surface area contributed by atoms with E-state index < -0.39 is 29.2 Å². The third-order valence-corrected chi connectivity index (χ3v) is 5.74. The Balaban J connectivity index is 1.83. The number of nitrogens with one attached hydrogen (secondary N) is 2. The van der Waals surface area contributed by atoms with Gasteiger partial charge in [0.25, 0.3) is 5.91 Å². The summed E-state index contributed by atoms with van der Waals surface area (Å²) in [4.78, 5) is 13.7. The number of carbonyl (C=O) groups excluding carboxylic acids is 1. The van der Waals surface area contributed by atoms with Gasteiger partial charge in [0.15, 0.2) is 6.10 Å². The van der Waals surface area contributed by atoms with Crippen LogP contribution in [-0.2, 0) is 16.1 Å². The van der Waals surface area contributed by atoms with Crippen LogP contribution in [0.1, 0.15) is 22.8 Å². The lowest BCUT2D eigenvalue weighted by atomic mass is 9.98. The highest BCUT2D eigenvalue weighted by Crippen LogP contribution is 2.32. The molecule has 0 unspecified atom stereocenters. The second-order valence-corrected chi connectivity index (χ2v) is 7.87. The van der Waals surface area contributed by atoms with Crippen molar-refractivity contribution in [1.29, 1.82) is 5.41 Å². The van der Waals surface area contributed by atoms with E-state index >= 15 is 4.39 Å². The van der Waals surface area contributed by atoms with Crippen molar-refractivity contribution in [2.75, 3.05) is 13.4 Å². The predicted molar refractivity (Wildman–Crippen MR) is 123 cm³/mol. The van der Waals surface area contributed by atoms with E-state index in [-0.39, 0.29) is 17.9 Å². The fourth-order valence-corrected chi connectivity index (χ4v) is 3.65. The molecule has 0 heterocycles. The second kappa shape index (κ2) is 10.4. The van der Waals surface area contributed by atoms with Gasteiger partial charge >= 0.3 is 0 Å². The zero-order valence-corrected chi connectivity index (χ0v) is 18.4. The molecule has 3 aromatic carbocycles. The molecule has 3 aromatic rings. The molecule has 0 saturated carbocycles. The Morgan fingerprint density at radius 3 is 2.31 bits per heavy atom. The molecule has 166 valence electrons. The minimum Gasteiger partial charge on any atom is -0.384 e. The summed E-state index contributed by atoms with van der Waals surface area (Å²) in [5, 5.41) is 10.1. The molecule has 3 rings (SSSR count). The fraction of sp³-hybridized carbons (Fsp3) is 0.167. The van der Waals surface area contributed by atoms with Crippen LogP contribution in [0, 0.1) is 17.0 Å². The van der Waals surface area contributed by atoms with Crippen molar-refractivity contribution in [1.82, 2.24) is 5.32 Å². The molecule has 1 atom stereocenters. The monoisotopic (exact) mass is 455 g/mol. The van der Waals surface area contributed by atoms with Crippen molar-refractivity contribution in [3.8, 4) is 11.1 Å². The van der Waals surface area contributed by atoms with Gasteiger partial charge in [0, 0.05) is 29.7 Å². The van der Waals surface area contributed by atoms with Gasteiger partial charge in [-0.2, -0.15) is 0 Å². The molecular formula is C24H23F2N3O2S. The van der Waals surface area contributed by atoms with Crippen molar-refractivity contribution in [2.24, 2.45) is 5.73 Å². The van der Waals surface area contributed by atoms with E-state index in [4.69, 9.17) is 15.9 Å². The Bertz CT molecular complexity index is 1120. The van der Waals surface area contributed by atoms with Gasteiger partial charge in [0.2, 0.25) is 0 Å². The molecule has 1 amide bonds. The quantitative estimate of drug-likeness (QED) is 0.262. The Kier molecular flexibility index (Phi) is 7.61. The first kappa shape index (κ1) is 23.4. The first-order valence-corrected chi connectivity index (χ1v) is 10.9. The summed E-state index contributed by atoms with van der Waals surface area (Å²) in [6.45, 7) is 0.121. The number of hydrogen-bond acceptors (Lipinski definition) is 4. The molecule has 0 aliphatic carbocycles. The smallest absolute Gasteiger partial charge is 0.254 e. The number of hydrogen-bond donors (Lipinski definition) is 3. The molecule has 0 spiro atoms. The van der Waals surface area contributed by atoms with Crippen LogP contribution in [-0.4, -0.2) is 25.1 Å². The van der Waals surface area contributed by atoms with E-state index in [1.54, 1.807) is 48.2 Å². The van der Waals surface area contributed by atoms with E-state index in [2.05, 4.69) is 5.32 Å². The van der Waals surface area contributed by atoms with Crippen LogP contribution in [0.25, 0.3) is 11.1 Å². The molecule has 0 radical (unpaired) electrons. The Morgan fingerprint density at radius 1 is 1.09 bits per heavy atom. The van der Waals surface area contributed by atoms with Crippen LogP contribution < -0.4 is 11.1 Å². The van der Waals surface area contributed by atoms with Crippen molar-refractivity contribution in [3.05, 3.63) is 89.0 Å². The third-order valence-electron chi connectivity index (χ3n) is 5.00. The lowest BCUT2D eigenvalue weighted by molar-refractivity contribution is -0.131. The number of amides is 1. The highest BCUT2D eigenvalue weighted by Gasteiger charge is 2.28. The number of amidine groups is 1. The van der Waals surface area contributed by atoms with E-state index in [1.165, 1.54) is 13.2 Å². The van der Waals surface area contributed by atoms with Gasteiger partial charge in [-0.1, -0.05) is 36.4 Å². The molecule has 0 fully saturated rings. The molecule has 0 bridgehead atoms. The largest absolute Gasteiger partial charge is 0.384 e. The third kappa shape index (κ3) is 5.15. The number of thioether (sulfide) groups is 1. The molecule has 8 heteroatoms. The average molecular weight is 456 g/mol. The molecule has 4 N–H and O–H groups in total. The van der Waals surface area contributed by atoms with Gasteiger partial charge in [0.05, 0.1) is 5.56 Å². The summed E-state index contributed by atoms with van der Waals surface area (Å²) in [7, 11) is 1.23. The molecule has 0 aromatic heterocycles. The first-order valence-electron chi connectivity index (χ1n) is 9.71. The highest BCUT2D eigenvalue weighted by molar-refractivity contribution is 7.98. The van der Waals surface area contributed by atoms with Crippen LogP contribution in [0.2, 0.25) is 0 Å². The molecule has 5 nitrogen and oxygen atoms in total. The number of ether oxygens (including phenoxy) is 1. The topological polar surface area (TPSA) is 88.2 Å². The summed E-state index contributed by atoms with van der Waals surface area (Å²) in [6, 6.07) is 16.4. The van der Waals surface area contributed by atoms with Crippen LogP contribution in [0.3, 0.4) is 0 Å². The maximum Gasteiger partial charge on any atom is 0.254 e. The Morgan fingerprint density at radius 2 is 1.75 bits per heavy atom. The van der Waals surface area contributed by atoms with Gasteiger partial charge < -0.3 is 15.8 Å². The second-order valence-electron chi connectivity index (χ2n) is 7.00. The lowest BCUT2D eigenvalue weighted by Gasteiger charge is -2.19. The maximum atomic E-state index is 15.3. The summed E-state index contributed by atoms with van der Waals surface area (Å²) in [5.41, 5.74) is 7.04. The van der Waals surface area contributed by atoms with E-state index in [9.17, 15) is 9.18 Å². The standard InChI is InChI=1S/C24H23F2N3O2S/c1-31-22(24(30)29-13-14-3-5-16(6-4-14)23(27)28)20-19(25)12-11-18(21(20)26)15-7-9-17(32-2)10-8-15/h3-12,22H,13H2,1-2H3,(H3,27,28)(H,29,30)/t22-/m0/s1. The van der Waals surface area contributed by atoms with Crippen molar-refractivity contribution < 1.29 is 18.3 Å². The summed E-state index contributed by atoms with van der Waals surface area (Å²) < 4.78 is 35.1. The van der Waals surface area contributed by atoms with Crippen LogP contribution in [0.5, 0.6) is 0 Å². The maximum absolute atomic E-state index is 15.3. The normalized spacial score (nSPS) is 11.8. The minimum absolute atomic E-state index is 0.0612. The average Bonchev–Trinajstić information content (AvgIpc) is 2.80. The van der Waals surface area contributed by atoms with Gasteiger partial charge in [0.1, 0.15) is 17.5 Å². The number of halogens is 2. The van der Waals surface area contributed by atoms with Crippen molar-refractivity contribution in [3.63, 3.8) is 0 Å². The number of carbonyl (C=O) groups is 1. The summed E-state index contributed by atoms with van der Waals surface area (Å²) >= 11 is 1.56. The molecule has 0 aliphatic heterocycles. The van der Waals surface area contributed by atoms with Gasteiger partial charge in [-0.05, 0) is 41.6 Å². The highest BCUT2D eigenvalue weighted by atomic mass is 32.2. The SMILES string of the molecule is CO[C@H](C(=O)NCc1ccc(C(=N)N)cc1)c1c(F)ccc(-c2ccc(SC)cc2)c1F. The molecule has 0 aliphatic rings. The van der Waals surface area contributed by atoms with E-state index in [0.717, 1.165) is 16.5 Å². The zero-order chi connectivity index (χ0) is 23.3. The lowest BCUT2D eigenvalue weighted by Crippen LogP contribution is -2.31. The number of nitrogens with two attached hydrogens (primary N) is 1. The first-order chi connectivity index (χ1) is 15.3. The van der Waals surface area contributed by atoms with Gasteiger partial charge in [-0.3, -0.25) is 10.2 Å². The summed E-state index contributed by atoms with van der Waals surface area (Å²) in [6.07, 6.45) is 0.474. The number of rotatable bonds is 8. The van der Waals surface area contributed by atoms with E-state index in [1.807, 2.05) is 18.4 Å². The van der Waals surface area contributed by atoms with Crippen LogP contribution in [0.15, 0.2) is 65.6 Å². The number of benzene rings is 3. The molecular weight excluding hydrogens is 432 g/mol. The minimum atomic E-state index is -1.46. The Hall–Kier alpha value is -3.23. The number of nitrogen functional groups attached to an aromatic ring is 1.